The molecule has 1 saturated heterocycles. The zero-order valence-corrected chi connectivity index (χ0v) is 14.1. The smallest absolute Gasteiger partial charge is 0.297 e. The van der Waals surface area contributed by atoms with Gasteiger partial charge in [-0.25, -0.2) is 0 Å². The highest BCUT2D eigenvalue weighted by Crippen LogP contribution is 2.21. The van der Waals surface area contributed by atoms with Gasteiger partial charge in [-0.2, -0.15) is 8.42 Å². The molecule has 1 fully saturated rings. The Bertz CT molecular complexity index is 542. The molecule has 0 N–H and O–H groups in total. The van der Waals surface area contributed by atoms with Crippen molar-refractivity contribution in [2.75, 3.05) is 19.9 Å². The molecule has 1 aliphatic rings. The lowest BCUT2D eigenvalue weighted by Crippen LogP contribution is -2.40. The molecule has 21 heavy (non-hydrogen) atoms. The summed E-state index contributed by atoms with van der Waals surface area (Å²) >= 11 is 0. The summed E-state index contributed by atoms with van der Waals surface area (Å²) in [7, 11) is -3.70. The first-order chi connectivity index (χ1) is 9.29. The summed E-state index contributed by atoms with van der Waals surface area (Å²) in [5.74, 6) is 0. The first-order valence-electron chi connectivity index (χ1n) is 6.60. The van der Waals surface area contributed by atoms with E-state index < -0.39 is 10.1 Å². The highest BCUT2D eigenvalue weighted by Gasteiger charge is 2.32. The number of rotatable bonds is 4. The van der Waals surface area contributed by atoms with Crippen molar-refractivity contribution in [1.82, 2.24) is 4.90 Å². The summed E-state index contributed by atoms with van der Waals surface area (Å²) in [4.78, 5) is 2.32. The summed E-state index contributed by atoms with van der Waals surface area (Å²) in [6.07, 6.45) is -0.215. The van der Waals surface area contributed by atoms with Crippen LogP contribution in [0.25, 0.3) is 0 Å². The van der Waals surface area contributed by atoms with Gasteiger partial charge in [0.2, 0.25) is 0 Å². The summed E-state index contributed by atoms with van der Waals surface area (Å²) in [5.41, 5.74) is 0.00700. The Morgan fingerprint density at radius 2 is 1.90 bits per heavy atom. The molecule has 1 aromatic rings. The van der Waals surface area contributed by atoms with Gasteiger partial charge in [0.25, 0.3) is 10.1 Å². The average Bonchev–Trinajstić information content (AvgIpc) is 2.86. The maximum atomic E-state index is 12.0. The van der Waals surface area contributed by atoms with Crippen molar-refractivity contribution < 1.29 is 17.3 Å². The van der Waals surface area contributed by atoms with Gasteiger partial charge in [0.1, 0.15) is 6.73 Å². The monoisotopic (exact) mass is 335 g/mol. The highest BCUT2D eigenvalue weighted by molar-refractivity contribution is 7.86. The van der Waals surface area contributed by atoms with Gasteiger partial charge in [0.15, 0.2) is 0 Å². The van der Waals surface area contributed by atoms with Crippen molar-refractivity contribution in [3.05, 3.63) is 30.3 Å². The number of nitrogens with zero attached hydrogens (tertiary/aromatic N) is 1. The van der Waals surface area contributed by atoms with Gasteiger partial charge in [0.05, 0.1) is 17.6 Å². The molecule has 1 aliphatic heterocycles. The van der Waals surface area contributed by atoms with E-state index in [4.69, 9.17) is 8.92 Å². The second kappa shape index (κ2) is 7.07. The second-order valence-corrected chi connectivity index (χ2v) is 7.48. The van der Waals surface area contributed by atoms with Crippen LogP contribution in [-0.2, 0) is 19.0 Å². The first-order valence-corrected chi connectivity index (χ1v) is 8.01. The fourth-order valence-electron chi connectivity index (χ4n) is 1.94. The Balaban J connectivity index is 0.00000220. The lowest BCUT2D eigenvalue weighted by Gasteiger charge is -2.29. The van der Waals surface area contributed by atoms with E-state index in [1.54, 1.807) is 18.2 Å². The molecular formula is C14H22ClNO4S. The third-order valence-electron chi connectivity index (χ3n) is 3.28. The Hall–Kier alpha value is -0.660. The number of benzene rings is 1. The molecule has 0 saturated carbocycles. The predicted octanol–water partition coefficient (Wildman–Crippen LogP) is 2.27. The summed E-state index contributed by atoms with van der Waals surface area (Å²) in [6.45, 7) is 7.52. The highest BCUT2D eigenvalue weighted by atomic mass is 35.5. The van der Waals surface area contributed by atoms with Crippen LogP contribution in [0.15, 0.2) is 35.2 Å². The zero-order valence-electron chi connectivity index (χ0n) is 12.5. The SMILES string of the molecule is CC(C)(C)N1CO[C@H](COS(=O)(=O)c2ccccc2)C1.Cl. The summed E-state index contributed by atoms with van der Waals surface area (Å²) < 4.78 is 34.6. The van der Waals surface area contributed by atoms with Crippen LogP contribution in [0.1, 0.15) is 20.8 Å². The van der Waals surface area contributed by atoms with E-state index in [-0.39, 0.29) is 35.6 Å². The van der Waals surface area contributed by atoms with Gasteiger partial charge in [-0.3, -0.25) is 9.08 Å². The molecular weight excluding hydrogens is 314 g/mol. The Morgan fingerprint density at radius 3 is 2.43 bits per heavy atom. The molecule has 0 spiro atoms. The molecule has 0 radical (unpaired) electrons. The van der Waals surface area contributed by atoms with Crippen molar-refractivity contribution in [2.45, 2.75) is 37.3 Å². The van der Waals surface area contributed by atoms with Gasteiger partial charge < -0.3 is 4.74 Å². The van der Waals surface area contributed by atoms with Gasteiger partial charge >= 0.3 is 0 Å². The summed E-state index contributed by atoms with van der Waals surface area (Å²) in [6, 6.07) is 8.15. The number of hydrogen-bond donors (Lipinski definition) is 0. The molecule has 1 heterocycles. The van der Waals surface area contributed by atoms with Crippen LogP contribution in [0.4, 0.5) is 0 Å². The van der Waals surface area contributed by atoms with E-state index in [0.29, 0.717) is 13.3 Å². The topological polar surface area (TPSA) is 55.8 Å². The van der Waals surface area contributed by atoms with Gasteiger partial charge in [-0.15, -0.1) is 12.4 Å². The minimum Gasteiger partial charge on any atom is -0.359 e. The molecule has 5 nitrogen and oxygen atoms in total. The molecule has 0 unspecified atom stereocenters. The minimum atomic E-state index is -3.70. The fraction of sp³-hybridized carbons (Fsp3) is 0.571. The van der Waals surface area contributed by atoms with Crippen LogP contribution in [0.3, 0.4) is 0 Å². The number of ether oxygens (including phenoxy) is 1. The van der Waals surface area contributed by atoms with Crippen molar-refractivity contribution in [3.8, 4) is 0 Å². The van der Waals surface area contributed by atoms with E-state index in [9.17, 15) is 8.42 Å². The summed E-state index contributed by atoms with van der Waals surface area (Å²) in [5, 5.41) is 0. The van der Waals surface area contributed by atoms with Crippen LogP contribution < -0.4 is 0 Å². The van der Waals surface area contributed by atoms with E-state index in [1.807, 2.05) is 0 Å². The van der Waals surface area contributed by atoms with Crippen molar-refractivity contribution in [3.63, 3.8) is 0 Å². The van der Waals surface area contributed by atoms with Crippen LogP contribution in [-0.4, -0.2) is 44.8 Å². The van der Waals surface area contributed by atoms with E-state index in [2.05, 4.69) is 25.7 Å². The van der Waals surface area contributed by atoms with E-state index >= 15 is 0 Å². The van der Waals surface area contributed by atoms with E-state index in [0.717, 1.165) is 0 Å². The van der Waals surface area contributed by atoms with Crippen LogP contribution in [0, 0.1) is 0 Å². The molecule has 2 rings (SSSR count). The third-order valence-corrected chi connectivity index (χ3v) is 4.58. The molecule has 0 amide bonds. The molecule has 120 valence electrons. The Morgan fingerprint density at radius 1 is 1.29 bits per heavy atom. The largest absolute Gasteiger partial charge is 0.359 e. The minimum absolute atomic E-state index is 0. The molecule has 1 atom stereocenters. The number of hydrogen-bond acceptors (Lipinski definition) is 5. The zero-order chi connectivity index (χ0) is 14.8. The van der Waals surface area contributed by atoms with Gasteiger partial charge in [-0.1, -0.05) is 18.2 Å². The molecule has 0 aliphatic carbocycles. The lowest BCUT2D eigenvalue weighted by atomic mass is 10.1. The van der Waals surface area contributed by atoms with Crippen molar-refractivity contribution in [2.24, 2.45) is 0 Å². The van der Waals surface area contributed by atoms with Crippen molar-refractivity contribution in [1.29, 1.82) is 0 Å². The van der Waals surface area contributed by atoms with Crippen molar-refractivity contribution >= 4 is 22.5 Å². The van der Waals surface area contributed by atoms with E-state index in [1.165, 1.54) is 12.1 Å². The molecule has 0 aromatic heterocycles. The van der Waals surface area contributed by atoms with Crippen LogP contribution >= 0.6 is 12.4 Å². The second-order valence-electron chi connectivity index (χ2n) is 5.86. The Labute approximate surface area is 132 Å². The average molecular weight is 336 g/mol. The first kappa shape index (κ1) is 18.4. The van der Waals surface area contributed by atoms with Crippen LogP contribution in [0.2, 0.25) is 0 Å². The third kappa shape index (κ3) is 4.93. The normalized spacial score (nSPS) is 20.2. The van der Waals surface area contributed by atoms with Crippen LogP contribution in [0.5, 0.6) is 0 Å². The Kier molecular flexibility index (Phi) is 6.19. The predicted molar refractivity (Wildman–Crippen MR) is 83.0 cm³/mol. The molecule has 1 aromatic carbocycles. The van der Waals surface area contributed by atoms with Gasteiger partial charge in [-0.05, 0) is 32.9 Å². The fourth-order valence-corrected chi connectivity index (χ4v) is 2.89. The maximum absolute atomic E-state index is 12.0. The molecule has 7 heteroatoms. The lowest BCUT2D eigenvalue weighted by molar-refractivity contribution is 0.0441. The standard InChI is InChI=1S/C14H21NO4S.ClH/c1-14(2,3)15-9-12(18-11-15)10-19-20(16,17)13-7-5-4-6-8-13;/h4-8,12H,9-11H2,1-3H3;1H/t12-;/m0./s1. The quantitative estimate of drug-likeness (QED) is 0.790. The number of halogens is 1. The maximum Gasteiger partial charge on any atom is 0.297 e. The van der Waals surface area contributed by atoms with Gasteiger partial charge in [0, 0.05) is 12.1 Å². The molecule has 0 bridgehead atoms.